The topological polar surface area (TPSA) is 70.6 Å². The van der Waals surface area contributed by atoms with E-state index in [4.69, 9.17) is 4.74 Å². The van der Waals surface area contributed by atoms with Gasteiger partial charge in [0.1, 0.15) is 11.6 Å². The Morgan fingerprint density at radius 3 is 2.43 bits per heavy atom. The van der Waals surface area contributed by atoms with Crippen molar-refractivity contribution in [3.05, 3.63) is 35.4 Å². The molecule has 2 atom stereocenters. The second-order valence-electron chi connectivity index (χ2n) is 8.24. The van der Waals surface area contributed by atoms with Gasteiger partial charge >= 0.3 is 0 Å². The van der Waals surface area contributed by atoms with Gasteiger partial charge in [-0.25, -0.2) is 8.78 Å². The van der Waals surface area contributed by atoms with Gasteiger partial charge in [0, 0.05) is 38.3 Å². The zero-order valence-electron chi connectivity index (χ0n) is 16.9. The molecule has 0 aliphatic heterocycles. The lowest BCUT2D eigenvalue weighted by Crippen LogP contribution is -2.50. The number of rotatable bonds is 12. The highest BCUT2D eigenvalue weighted by molar-refractivity contribution is 5.73. The summed E-state index contributed by atoms with van der Waals surface area (Å²) in [6, 6.07) is 2.59. The molecule has 0 spiro atoms. The van der Waals surface area contributed by atoms with Crippen LogP contribution in [-0.2, 0) is 16.0 Å². The predicted octanol–water partition coefficient (Wildman–Crippen LogP) is 2.56. The number of halogens is 2. The minimum absolute atomic E-state index is 0.0241. The Morgan fingerprint density at radius 1 is 1.25 bits per heavy atom. The number of hydrogen-bond donors (Lipinski definition) is 3. The molecule has 1 saturated carbocycles. The van der Waals surface area contributed by atoms with Crippen LogP contribution < -0.4 is 10.6 Å². The maximum absolute atomic E-state index is 13.4. The number of ether oxygens (including phenoxy) is 1. The molecule has 2 rings (SSSR count). The van der Waals surface area contributed by atoms with Crippen molar-refractivity contribution in [2.45, 2.75) is 64.1 Å². The largest absolute Gasteiger partial charge is 0.390 e. The summed E-state index contributed by atoms with van der Waals surface area (Å²) in [5.41, 5.74) is 0.363. The predicted molar refractivity (Wildman–Crippen MR) is 104 cm³/mol. The maximum Gasteiger partial charge on any atom is 0.217 e. The first-order valence-corrected chi connectivity index (χ1v) is 9.92. The van der Waals surface area contributed by atoms with E-state index in [2.05, 4.69) is 24.5 Å². The highest BCUT2D eigenvalue weighted by Gasteiger charge is 2.42. The van der Waals surface area contributed by atoms with Crippen LogP contribution in [0, 0.1) is 17.6 Å². The molecule has 0 radical (unpaired) electrons. The van der Waals surface area contributed by atoms with Gasteiger partial charge in [-0.05, 0) is 49.3 Å². The number of aliphatic hydroxyl groups is 1. The summed E-state index contributed by atoms with van der Waals surface area (Å²) in [5.74, 6) is -1.16. The molecule has 158 valence electrons. The summed E-state index contributed by atoms with van der Waals surface area (Å²) in [6.45, 7) is 7.25. The van der Waals surface area contributed by atoms with E-state index in [9.17, 15) is 18.7 Å². The highest BCUT2D eigenvalue weighted by atomic mass is 19.1. The minimum atomic E-state index is -0.885. The second kappa shape index (κ2) is 10.3. The molecular weight excluding hydrogens is 366 g/mol. The third-order valence-electron chi connectivity index (χ3n) is 4.95. The van der Waals surface area contributed by atoms with E-state index in [1.165, 1.54) is 19.1 Å². The molecule has 1 aliphatic carbocycles. The third-order valence-corrected chi connectivity index (χ3v) is 4.95. The fourth-order valence-corrected chi connectivity index (χ4v) is 3.24. The first-order valence-electron chi connectivity index (χ1n) is 9.92. The monoisotopic (exact) mass is 398 g/mol. The van der Waals surface area contributed by atoms with Crippen molar-refractivity contribution in [3.63, 3.8) is 0 Å². The summed E-state index contributed by atoms with van der Waals surface area (Å²) in [5, 5.41) is 16.7. The first-order chi connectivity index (χ1) is 13.2. The molecule has 0 saturated heterocycles. The van der Waals surface area contributed by atoms with Gasteiger partial charge in [-0.3, -0.25) is 4.79 Å². The number of carbonyl (C=O) groups excluding carboxylic acids is 1. The third kappa shape index (κ3) is 7.81. The lowest BCUT2D eigenvalue weighted by Gasteiger charge is -2.27. The molecule has 1 aromatic rings. The zero-order chi connectivity index (χ0) is 20.7. The van der Waals surface area contributed by atoms with E-state index in [0.717, 1.165) is 31.9 Å². The molecule has 3 N–H and O–H groups in total. The minimum Gasteiger partial charge on any atom is -0.390 e. The highest BCUT2D eigenvalue weighted by Crippen LogP contribution is 2.38. The number of β-amino-alcohol motifs (C(OH)–C–C–N with tert-alkyl or cyclic N) is 1. The van der Waals surface area contributed by atoms with Crippen LogP contribution in [0.5, 0.6) is 0 Å². The van der Waals surface area contributed by atoms with Gasteiger partial charge in [0.2, 0.25) is 5.91 Å². The van der Waals surface area contributed by atoms with E-state index >= 15 is 0 Å². The lowest BCUT2D eigenvalue weighted by atomic mass is 10.00. The number of nitrogens with one attached hydrogen (secondary N) is 2. The van der Waals surface area contributed by atoms with Crippen molar-refractivity contribution in [1.82, 2.24) is 10.6 Å². The van der Waals surface area contributed by atoms with Gasteiger partial charge in [-0.15, -0.1) is 0 Å². The number of benzene rings is 1. The summed E-state index contributed by atoms with van der Waals surface area (Å²) in [6.07, 6.45) is 2.16. The summed E-state index contributed by atoms with van der Waals surface area (Å²) in [4.78, 5) is 11.5. The van der Waals surface area contributed by atoms with Crippen molar-refractivity contribution >= 4 is 5.91 Å². The molecule has 1 fully saturated rings. The Labute approximate surface area is 165 Å². The zero-order valence-corrected chi connectivity index (χ0v) is 16.9. The Balaban J connectivity index is 1.88. The van der Waals surface area contributed by atoms with Crippen molar-refractivity contribution in [2.24, 2.45) is 5.92 Å². The van der Waals surface area contributed by atoms with Gasteiger partial charge < -0.3 is 20.5 Å². The van der Waals surface area contributed by atoms with E-state index in [1.807, 2.05) is 0 Å². The number of aliphatic hydroxyl groups excluding tert-OH is 1. The Morgan fingerprint density at radius 2 is 1.89 bits per heavy atom. The molecule has 28 heavy (non-hydrogen) atoms. The van der Waals surface area contributed by atoms with Crippen LogP contribution >= 0.6 is 0 Å². The van der Waals surface area contributed by atoms with E-state index in [1.54, 1.807) is 0 Å². The number of amides is 1. The van der Waals surface area contributed by atoms with Crippen LogP contribution in [0.25, 0.3) is 0 Å². The normalized spacial score (nSPS) is 17.4. The van der Waals surface area contributed by atoms with Crippen LogP contribution in [0.4, 0.5) is 8.78 Å². The summed E-state index contributed by atoms with van der Waals surface area (Å²) < 4.78 is 32.5. The van der Waals surface area contributed by atoms with E-state index < -0.39 is 23.8 Å². The van der Waals surface area contributed by atoms with Crippen LogP contribution in [0.15, 0.2) is 18.2 Å². The molecule has 1 aliphatic rings. The summed E-state index contributed by atoms with van der Waals surface area (Å²) in [7, 11) is 0. The molecule has 0 bridgehead atoms. The standard InChI is InChI=1S/C21H32F2N2O3/c1-14(2)13-28-7-6-21(4-5-21)24-12-20(27)19(25-15(3)26)10-16-8-17(22)11-18(23)9-16/h8-9,11,14,19-20,24,27H,4-7,10,12-13H2,1-3H3,(H,25,26). The van der Waals surface area contributed by atoms with Gasteiger partial charge in [0.25, 0.3) is 0 Å². The number of hydrogen-bond acceptors (Lipinski definition) is 4. The van der Waals surface area contributed by atoms with Gasteiger partial charge in [-0.2, -0.15) is 0 Å². The smallest absolute Gasteiger partial charge is 0.217 e. The van der Waals surface area contributed by atoms with Crippen LogP contribution in [-0.4, -0.2) is 48.5 Å². The Kier molecular flexibility index (Phi) is 8.34. The van der Waals surface area contributed by atoms with E-state index in [0.29, 0.717) is 18.1 Å². The van der Waals surface area contributed by atoms with Crippen molar-refractivity contribution < 1.29 is 23.4 Å². The fraction of sp³-hybridized carbons (Fsp3) is 0.667. The SMILES string of the molecule is CC(=O)NC(Cc1cc(F)cc(F)c1)C(O)CNC1(CCOCC(C)C)CC1. The van der Waals surface area contributed by atoms with Crippen molar-refractivity contribution in [2.75, 3.05) is 19.8 Å². The molecule has 1 amide bonds. The molecule has 0 aromatic heterocycles. The van der Waals surface area contributed by atoms with Crippen LogP contribution in [0.1, 0.15) is 45.6 Å². The molecular formula is C21H32F2N2O3. The molecule has 5 nitrogen and oxygen atoms in total. The van der Waals surface area contributed by atoms with Crippen LogP contribution in [0.2, 0.25) is 0 Å². The molecule has 0 heterocycles. The van der Waals surface area contributed by atoms with Crippen LogP contribution in [0.3, 0.4) is 0 Å². The van der Waals surface area contributed by atoms with Gasteiger partial charge in [0.05, 0.1) is 12.1 Å². The van der Waals surface area contributed by atoms with E-state index in [-0.39, 0.29) is 24.4 Å². The maximum atomic E-state index is 13.4. The van der Waals surface area contributed by atoms with Gasteiger partial charge in [-0.1, -0.05) is 13.8 Å². The molecule has 7 heteroatoms. The first kappa shape index (κ1) is 22.7. The Hall–Kier alpha value is -1.57. The average Bonchev–Trinajstić information content (AvgIpc) is 3.35. The average molecular weight is 398 g/mol. The Bertz CT molecular complexity index is 630. The van der Waals surface area contributed by atoms with Crippen molar-refractivity contribution in [3.8, 4) is 0 Å². The fourth-order valence-electron chi connectivity index (χ4n) is 3.24. The number of carbonyl (C=O) groups is 1. The lowest BCUT2D eigenvalue weighted by molar-refractivity contribution is -0.120. The van der Waals surface area contributed by atoms with Crippen molar-refractivity contribution in [1.29, 1.82) is 0 Å². The second-order valence-corrected chi connectivity index (χ2v) is 8.24. The summed E-state index contributed by atoms with van der Waals surface area (Å²) >= 11 is 0. The molecule has 1 aromatic carbocycles. The quantitative estimate of drug-likeness (QED) is 0.473. The molecule has 2 unspecified atom stereocenters. The van der Waals surface area contributed by atoms with Gasteiger partial charge in [0.15, 0.2) is 0 Å².